The first-order chi connectivity index (χ1) is 14.2. The molecule has 2 aromatic carbocycles. The number of pyridine rings is 1. The van der Waals surface area contributed by atoms with Crippen molar-refractivity contribution in [2.24, 2.45) is 0 Å². The molecule has 6 rings (SSSR count). The van der Waals surface area contributed by atoms with Crippen molar-refractivity contribution in [2.45, 2.75) is 13.0 Å². The van der Waals surface area contributed by atoms with Crippen LogP contribution in [0.15, 0.2) is 36.4 Å². The van der Waals surface area contributed by atoms with Gasteiger partial charge in [-0.05, 0) is 47.9 Å². The Kier molecular flexibility index (Phi) is 3.21. The van der Waals surface area contributed by atoms with Crippen LogP contribution in [-0.4, -0.2) is 18.2 Å². The number of aryl methyl sites for hydroxylation is 1. The molecule has 7 nitrogen and oxygen atoms in total. The minimum absolute atomic E-state index is 0.189. The molecule has 0 fully saturated rings. The first-order valence-electron chi connectivity index (χ1n) is 9.28. The van der Waals surface area contributed by atoms with E-state index in [0.717, 1.165) is 34.6 Å². The van der Waals surface area contributed by atoms with E-state index in [9.17, 15) is 5.26 Å². The Morgan fingerprint density at radius 1 is 0.862 bits per heavy atom. The normalized spacial score (nSPS) is 14.9. The summed E-state index contributed by atoms with van der Waals surface area (Å²) in [7, 11) is 0. The van der Waals surface area contributed by atoms with Crippen LogP contribution in [-0.2, 0) is 13.0 Å². The molecule has 3 aliphatic rings. The summed E-state index contributed by atoms with van der Waals surface area (Å²) < 4.78 is 23.9. The van der Waals surface area contributed by atoms with Crippen LogP contribution in [0, 0.1) is 16.7 Å². The maximum absolute atomic E-state index is 9.80. The smallest absolute Gasteiger partial charge is 0.231 e. The summed E-state index contributed by atoms with van der Waals surface area (Å²) in [6, 6.07) is 13.8. The zero-order chi connectivity index (χ0) is 19.5. The average molecular weight is 385 g/mol. The van der Waals surface area contributed by atoms with Gasteiger partial charge in [-0.2, -0.15) is 5.26 Å². The lowest BCUT2D eigenvalue weighted by atomic mass is 9.92. The van der Waals surface area contributed by atoms with E-state index >= 15 is 0 Å². The van der Waals surface area contributed by atoms with Crippen LogP contribution < -0.4 is 24.4 Å². The van der Waals surface area contributed by atoms with Crippen LogP contribution in [0.2, 0.25) is 0 Å². The molecule has 0 radical (unpaired) electrons. The average Bonchev–Trinajstić information content (AvgIpc) is 3.40. The summed E-state index contributed by atoms with van der Waals surface area (Å²) >= 11 is 0. The molecule has 3 aromatic rings. The third kappa shape index (κ3) is 2.26. The van der Waals surface area contributed by atoms with Gasteiger partial charge in [-0.1, -0.05) is 6.07 Å². The second-order valence-corrected chi connectivity index (χ2v) is 7.11. The highest BCUT2D eigenvalue weighted by atomic mass is 16.7. The molecule has 0 saturated heterocycles. The maximum Gasteiger partial charge on any atom is 0.231 e. The molecule has 3 aliphatic heterocycles. The van der Waals surface area contributed by atoms with E-state index in [1.54, 1.807) is 0 Å². The number of hydrogen-bond acceptors (Lipinski definition) is 6. The minimum Gasteiger partial charge on any atom is -0.454 e. The standard InChI is InChI=1S/C22H15N3O4/c23-9-16-14(12-1-2-18-19(5-12)27-10-26-18)7-17-15-8-21-20(28-11-29-21)6-13(15)3-4-25(17)22(16)24/h1-2,5-8,24H,3-4,10-11H2. The number of nitriles is 1. The second kappa shape index (κ2) is 5.79. The predicted octanol–water partition coefficient (Wildman–Crippen LogP) is 3.19. The molecule has 29 heavy (non-hydrogen) atoms. The lowest BCUT2D eigenvalue weighted by Crippen LogP contribution is -2.28. The number of nitrogens with one attached hydrogen (secondary N) is 1. The van der Waals surface area contributed by atoms with Crippen molar-refractivity contribution < 1.29 is 18.9 Å². The van der Waals surface area contributed by atoms with Crippen molar-refractivity contribution in [3.63, 3.8) is 0 Å². The van der Waals surface area contributed by atoms with Crippen LogP contribution in [0.3, 0.4) is 0 Å². The molecular formula is C22H15N3O4. The van der Waals surface area contributed by atoms with E-state index in [1.165, 1.54) is 0 Å². The van der Waals surface area contributed by atoms with Crippen LogP contribution in [0.5, 0.6) is 23.0 Å². The van der Waals surface area contributed by atoms with Crippen molar-refractivity contribution in [3.05, 3.63) is 53.0 Å². The quantitative estimate of drug-likeness (QED) is 0.695. The summed E-state index contributed by atoms with van der Waals surface area (Å²) in [6.45, 7) is 1.04. The fraction of sp³-hybridized carbons (Fsp3) is 0.182. The molecule has 0 atom stereocenters. The zero-order valence-corrected chi connectivity index (χ0v) is 15.3. The fourth-order valence-electron chi connectivity index (χ4n) is 4.19. The van der Waals surface area contributed by atoms with Crippen LogP contribution in [0.4, 0.5) is 0 Å². The highest BCUT2D eigenvalue weighted by Gasteiger charge is 2.25. The molecular weight excluding hydrogens is 370 g/mol. The van der Waals surface area contributed by atoms with E-state index in [-0.39, 0.29) is 19.1 Å². The van der Waals surface area contributed by atoms with Crippen molar-refractivity contribution in [3.8, 4) is 51.5 Å². The number of fused-ring (bicyclic) bond motifs is 5. The molecule has 1 aromatic heterocycles. The van der Waals surface area contributed by atoms with Crippen molar-refractivity contribution in [1.29, 1.82) is 10.7 Å². The Balaban J connectivity index is 1.60. The first-order valence-corrected chi connectivity index (χ1v) is 9.28. The van der Waals surface area contributed by atoms with Gasteiger partial charge in [0, 0.05) is 17.7 Å². The van der Waals surface area contributed by atoms with Gasteiger partial charge in [0.15, 0.2) is 23.0 Å². The highest BCUT2D eigenvalue weighted by molar-refractivity contribution is 5.79. The van der Waals surface area contributed by atoms with Crippen LogP contribution >= 0.6 is 0 Å². The van der Waals surface area contributed by atoms with E-state index in [0.29, 0.717) is 34.9 Å². The van der Waals surface area contributed by atoms with Crippen molar-refractivity contribution in [1.82, 2.24) is 4.57 Å². The largest absolute Gasteiger partial charge is 0.454 e. The van der Waals surface area contributed by atoms with Gasteiger partial charge in [0.25, 0.3) is 0 Å². The lowest BCUT2D eigenvalue weighted by molar-refractivity contribution is 0.173. The van der Waals surface area contributed by atoms with Crippen LogP contribution in [0.25, 0.3) is 22.4 Å². The van der Waals surface area contributed by atoms with Crippen molar-refractivity contribution in [2.75, 3.05) is 13.6 Å². The number of hydrogen-bond donors (Lipinski definition) is 1. The van der Waals surface area contributed by atoms with Gasteiger partial charge in [0.05, 0.1) is 5.69 Å². The summed E-state index contributed by atoms with van der Waals surface area (Å²) in [6.07, 6.45) is 0.768. The zero-order valence-electron chi connectivity index (χ0n) is 15.3. The third-order valence-corrected chi connectivity index (χ3v) is 5.62. The van der Waals surface area contributed by atoms with Gasteiger partial charge < -0.3 is 23.5 Å². The Morgan fingerprint density at radius 2 is 1.59 bits per heavy atom. The van der Waals surface area contributed by atoms with Gasteiger partial charge in [-0.15, -0.1) is 0 Å². The molecule has 0 bridgehead atoms. The van der Waals surface area contributed by atoms with Gasteiger partial charge >= 0.3 is 0 Å². The summed E-state index contributed by atoms with van der Waals surface area (Å²) in [5, 5.41) is 18.5. The van der Waals surface area contributed by atoms with E-state index in [4.69, 9.17) is 24.4 Å². The molecule has 0 aliphatic carbocycles. The molecule has 0 saturated carbocycles. The number of benzene rings is 2. The molecule has 0 spiro atoms. The molecule has 142 valence electrons. The molecule has 4 heterocycles. The van der Waals surface area contributed by atoms with Crippen LogP contribution in [0.1, 0.15) is 11.1 Å². The van der Waals surface area contributed by atoms with E-state index < -0.39 is 0 Å². The number of rotatable bonds is 1. The van der Waals surface area contributed by atoms with E-state index in [1.807, 2.05) is 41.0 Å². The summed E-state index contributed by atoms with van der Waals surface area (Å²) in [5.41, 5.74) is 5.11. The fourth-order valence-corrected chi connectivity index (χ4v) is 4.19. The summed E-state index contributed by atoms with van der Waals surface area (Å²) in [4.78, 5) is 0. The van der Waals surface area contributed by atoms with Gasteiger partial charge in [0.1, 0.15) is 17.1 Å². The number of nitrogens with zero attached hydrogens (tertiary/aromatic N) is 2. The molecule has 1 N–H and O–H groups in total. The van der Waals surface area contributed by atoms with E-state index in [2.05, 4.69) is 6.07 Å². The Labute approximate surface area is 165 Å². The molecule has 7 heteroatoms. The van der Waals surface area contributed by atoms with Crippen molar-refractivity contribution >= 4 is 0 Å². The maximum atomic E-state index is 9.80. The number of ether oxygens (including phenoxy) is 4. The van der Waals surface area contributed by atoms with Gasteiger partial charge in [-0.25, -0.2) is 0 Å². The molecule has 0 unspecified atom stereocenters. The first kappa shape index (κ1) is 16.1. The topological polar surface area (TPSA) is 89.5 Å². The monoisotopic (exact) mass is 385 g/mol. The SMILES string of the molecule is N#Cc1c(-c2ccc3c(c2)OCO3)cc2n(c1=N)CCc1cc3c(cc1-2)OCO3. The van der Waals surface area contributed by atoms with Gasteiger partial charge in [0.2, 0.25) is 13.6 Å². The third-order valence-electron chi connectivity index (χ3n) is 5.62. The minimum atomic E-state index is 0.189. The number of aromatic nitrogens is 1. The predicted molar refractivity (Wildman–Crippen MR) is 102 cm³/mol. The van der Waals surface area contributed by atoms with Gasteiger partial charge in [-0.3, -0.25) is 5.41 Å². The molecule has 0 amide bonds. The lowest BCUT2D eigenvalue weighted by Gasteiger charge is -2.24. The highest BCUT2D eigenvalue weighted by Crippen LogP contribution is 2.42. The second-order valence-electron chi connectivity index (χ2n) is 7.11. The Bertz CT molecular complexity index is 1300. The Hall–Kier alpha value is -3.92. The Morgan fingerprint density at radius 3 is 2.38 bits per heavy atom. The summed E-state index contributed by atoms with van der Waals surface area (Å²) in [5.74, 6) is 2.79.